The number of ether oxygens (including phenoxy) is 3. The predicted octanol–water partition coefficient (Wildman–Crippen LogP) is 2.62. The lowest BCUT2D eigenvalue weighted by atomic mass is 9.75. The Morgan fingerprint density at radius 1 is 1.27 bits per heavy atom. The minimum atomic E-state index is -0.347. The molecule has 0 saturated heterocycles. The highest BCUT2D eigenvalue weighted by Crippen LogP contribution is 2.47. The van der Waals surface area contributed by atoms with Crippen molar-refractivity contribution in [3.63, 3.8) is 0 Å². The monoisotopic (exact) mass is 304 g/mol. The van der Waals surface area contributed by atoms with Crippen molar-refractivity contribution in [1.82, 2.24) is 0 Å². The molecule has 1 aromatic rings. The van der Waals surface area contributed by atoms with Gasteiger partial charge >= 0.3 is 5.97 Å². The van der Waals surface area contributed by atoms with E-state index in [4.69, 9.17) is 9.47 Å². The van der Waals surface area contributed by atoms with Crippen molar-refractivity contribution in [2.75, 3.05) is 20.8 Å². The second-order valence-electron chi connectivity index (χ2n) is 6.46. The van der Waals surface area contributed by atoms with Crippen LogP contribution in [-0.4, -0.2) is 32.9 Å². The molecule has 1 unspecified atom stereocenters. The Kier molecular flexibility index (Phi) is 4.39. The molecule has 2 aliphatic rings. The van der Waals surface area contributed by atoms with E-state index in [1.165, 1.54) is 18.2 Å². The maximum absolute atomic E-state index is 11.3. The first-order valence-electron chi connectivity index (χ1n) is 7.97. The smallest absolute Gasteiger partial charge is 0.343 e. The average Bonchev–Trinajstić information content (AvgIpc) is 2.86. The van der Waals surface area contributed by atoms with Crippen molar-refractivity contribution < 1.29 is 19.0 Å². The molecule has 22 heavy (non-hydrogen) atoms. The third-order valence-electron chi connectivity index (χ3n) is 5.43. The fourth-order valence-corrected chi connectivity index (χ4v) is 4.17. The zero-order valence-electron chi connectivity index (χ0n) is 13.5. The van der Waals surface area contributed by atoms with Gasteiger partial charge in [0.1, 0.15) is 5.75 Å². The van der Waals surface area contributed by atoms with E-state index in [0.29, 0.717) is 23.9 Å². The number of carbonyl (C=O) groups excluding carboxylic acids is 1. The molecule has 0 radical (unpaired) electrons. The van der Waals surface area contributed by atoms with Gasteiger partial charge in [-0.3, -0.25) is 0 Å². The lowest BCUT2D eigenvalue weighted by Crippen LogP contribution is -2.26. The molecule has 4 heteroatoms. The highest BCUT2D eigenvalue weighted by Gasteiger charge is 2.43. The van der Waals surface area contributed by atoms with Crippen LogP contribution in [0, 0.1) is 17.8 Å². The van der Waals surface area contributed by atoms with Crippen LogP contribution in [0.1, 0.15) is 24.5 Å². The number of rotatable bonds is 4. The summed E-state index contributed by atoms with van der Waals surface area (Å²) in [6.07, 6.45) is 3.58. The van der Waals surface area contributed by atoms with Crippen LogP contribution in [0.2, 0.25) is 0 Å². The highest BCUT2D eigenvalue weighted by molar-refractivity contribution is 5.71. The minimum absolute atomic E-state index is 0.0296. The molecule has 1 fully saturated rings. The van der Waals surface area contributed by atoms with E-state index in [1.807, 2.05) is 19.2 Å². The Balaban J connectivity index is 1.79. The third kappa shape index (κ3) is 2.72. The topological polar surface area (TPSA) is 44.8 Å². The molecule has 1 aromatic carbocycles. The van der Waals surface area contributed by atoms with Gasteiger partial charge in [0.15, 0.2) is 6.61 Å². The number of fused-ring (bicyclic) bond motifs is 2. The van der Waals surface area contributed by atoms with Gasteiger partial charge in [-0.15, -0.1) is 0 Å². The van der Waals surface area contributed by atoms with Crippen LogP contribution in [0.5, 0.6) is 5.75 Å². The molecule has 0 bridgehead atoms. The summed E-state index contributed by atoms with van der Waals surface area (Å²) in [5.74, 6) is 2.42. The van der Waals surface area contributed by atoms with Crippen LogP contribution in [0.25, 0.3) is 0 Å². The van der Waals surface area contributed by atoms with E-state index in [9.17, 15) is 4.79 Å². The Labute approximate surface area is 131 Å². The van der Waals surface area contributed by atoms with Gasteiger partial charge in [-0.1, -0.05) is 19.1 Å². The molecule has 0 amide bonds. The number of carbonyl (C=O) groups is 1. The first kappa shape index (κ1) is 15.3. The fourth-order valence-electron chi connectivity index (χ4n) is 4.17. The zero-order chi connectivity index (χ0) is 15.7. The quantitative estimate of drug-likeness (QED) is 0.802. The molecule has 0 heterocycles. The van der Waals surface area contributed by atoms with E-state index >= 15 is 0 Å². The Hall–Kier alpha value is -1.55. The summed E-state index contributed by atoms with van der Waals surface area (Å²) in [6, 6.07) is 6.15. The van der Waals surface area contributed by atoms with Crippen LogP contribution in [0.15, 0.2) is 18.2 Å². The van der Waals surface area contributed by atoms with Crippen molar-refractivity contribution in [2.45, 2.75) is 32.3 Å². The maximum atomic E-state index is 11.3. The molecule has 4 nitrogen and oxygen atoms in total. The molecule has 120 valence electrons. The highest BCUT2D eigenvalue weighted by atomic mass is 16.6. The van der Waals surface area contributed by atoms with Gasteiger partial charge < -0.3 is 14.2 Å². The van der Waals surface area contributed by atoms with Crippen molar-refractivity contribution in [3.05, 3.63) is 29.3 Å². The van der Waals surface area contributed by atoms with Crippen LogP contribution in [0.3, 0.4) is 0 Å². The molecule has 0 aliphatic heterocycles. The third-order valence-corrected chi connectivity index (χ3v) is 5.43. The van der Waals surface area contributed by atoms with Gasteiger partial charge in [0, 0.05) is 7.11 Å². The Bertz CT molecular complexity index is 554. The molecule has 0 spiro atoms. The first-order valence-corrected chi connectivity index (χ1v) is 7.97. The van der Waals surface area contributed by atoms with E-state index < -0.39 is 0 Å². The SMILES string of the molecule is COC(=O)COc1cccc2c1C[C@H]1C[C@@H](OC)C(C)[C@H]1C2. The van der Waals surface area contributed by atoms with E-state index in [1.54, 1.807) is 0 Å². The predicted molar refractivity (Wildman–Crippen MR) is 82.9 cm³/mol. The van der Waals surface area contributed by atoms with Gasteiger partial charge in [0.05, 0.1) is 13.2 Å². The van der Waals surface area contributed by atoms with Gasteiger partial charge in [0.25, 0.3) is 0 Å². The lowest BCUT2D eigenvalue weighted by Gasteiger charge is -2.31. The normalized spacial score (nSPS) is 29.6. The van der Waals surface area contributed by atoms with Crippen molar-refractivity contribution in [2.24, 2.45) is 17.8 Å². The summed E-state index contributed by atoms with van der Waals surface area (Å²) in [4.78, 5) is 11.3. The second kappa shape index (κ2) is 6.29. The Morgan fingerprint density at radius 2 is 2.09 bits per heavy atom. The van der Waals surface area contributed by atoms with Crippen molar-refractivity contribution in [3.8, 4) is 5.75 Å². The van der Waals surface area contributed by atoms with E-state index in [-0.39, 0.29) is 12.6 Å². The molecule has 1 saturated carbocycles. The molecule has 2 aliphatic carbocycles. The largest absolute Gasteiger partial charge is 0.482 e. The number of hydrogen-bond acceptors (Lipinski definition) is 4. The van der Waals surface area contributed by atoms with Crippen molar-refractivity contribution in [1.29, 1.82) is 0 Å². The molecular weight excluding hydrogens is 280 g/mol. The summed E-state index contributed by atoms with van der Waals surface area (Å²) in [6.45, 7) is 2.28. The number of benzene rings is 1. The van der Waals surface area contributed by atoms with Crippen LogP contribution >= 0.6 is 0 Å². The van der Waals surface area contributed by atoms with Crippen LogP contribution < -0.4 is 4.74 Å². The van der Waals surface area contributed by atoms with E-state index in [0.717, 1.165) is 25.0 Å². The number of methoxy groups -OCH3 is 2. The minimum Gasteiger partial charge on any atom is -0.482 e. The summed E-state index contributed by atoms with van der Waals surface area (Å²) in [7, 11) is 3.19. The summed E-state index contributed by atoms with van der Waals surface area (Å²) >= 11 is 0. The summed E-state index contributed by atoms with van der Waals surface area (Å²) in [5, 5.41) is 0. The van der Waals surface area contributed by atoms with Gasteiger partial charge in [0.2, 0.25) is 0 Å². The zero-order valence-corrected chi connectivity index (χ0v) is 13.5. The Morgan fingerprint density at radius 3 is 2.82 bits per heavy atom. The molecule has 0 aromatic heterocycles. The number of esters is 1. The second-order valence-corrected chi connectivity index (χ2v) is 6.46. The maximum Gasteiger partial charge on any atom is 0.343 e. The summed E-state index contributed by atoms with van der Waals surface area (Å²) in [5.41, 5.74) is 2.61. The fraction of sp³-hybridized carbons (Fsp3) is 0.611. The van der Waals surface area contributed by atoms with Gasteiger partial charge in [-0.25, -0.2) is 4.79 Å². The summed E-state index contributed by atoms with van der Waals surface area (Å²) < 4.78 is 16.0. The van der Waals surface area contributed by atoms with Gasteiger partial charge in [-0.05, 0) is 54.2 Å². The van der Waals surface area contributed by atoms with E-state index in [2.05, 4.69) is 17.7 Å². The molecule has 0 N–H and O–H groups in total. The first-order chi connectivity index (χ1) is 10.6. The molecule has 4 atom stereocenters. The average molecular weight is 304 g/mol. The van der Waals surface area contributed by atoms with Crippen molar-refractivity contribution >= 4 is 5.97 Å². The molecule has 3 rings (SSSR count). The standard InChI is InChI=1S/C18H24O4/c1-11-14-7-12-5-4-6-16(22-10-18(19)21-3)15(12)8-13(14)9-17(11)20-2/h4-6,11,13-14,17H,7-10H2,1-3H3/t11?,13-,14+,17+/m0/s1. The lowest BCUT2D eigenvalue weighted by molar-refractivity contribution is -0.142. The van der Waals surface area contributed by atoms with Crippen LogP contribution in [-0.2, 0) is 27.1 Å². The molecular formula is C18H24O4. The van der Waals surface area contributed by atoms with Gasteiger partial charge in [-0.2, -0.15) is 0 Å². The van der Waals surface area contributed by atoms with Crippen LogP contribution in [0.4, 0.5) is 0 Å². The number of hydrogen-bond donors (Lipinski definition) is 0.